The molecule has 0 radical (unpaired) electrons. The van der Waals surface area contributed by atoms with Crippen molar-refractivity contribution in [2.45, 2.75) is 45.2 Å². The molecule has 0 aliphatic heterocycles. The first-order chi connectivity index (χ1) is 7.72. The molecule has 0 amide bonds. The monoisotopic (exact) mass is 218 g/mol. The molecule has 4 unspecified atom stereocenters. The van der Waals surface area contributed by atoms with E-state index in [0.717, 1.165) is 17.8 Å². The summed E-state index contributed by atoms with van der Waals surface area (Å²) in [7, 11) is 0. The Kier molecular flexibility index (Phi) is 2.55. The van der Waals surface area contributed by atoms with E-state index in [1.54, 1.807) is 0 Å². The van der Waals surface area contributed by atoms with E-state index in [4.69, 9.17) is 5.73 Å². The van der Waals surface area contributed by atoms with Gasteiger partial charge in [-0.1, -0.05) is 6.42 Å². The molecule has 2 nitrogen and oxygen atoms in total. The zero-order valence-corrected chi connectivity index (χ0v) is 10.1. The molecule has 2 aliphatic rings. The summed E-state index contributed by atoms with van der Waals surface area (Å²) in [5.41, 5.74) is 7.15. The lowest BCUT2D eigenvalue weighted by atomic mass is 9.89. The van der Waals surface area contributed by atoms with Crippen molar-refractivity contribution in [3.05, 3.63) is 24.0 Å². The van der Waals surface area contributed by atoms with Crippen molar-refractivity contribution < 1.29 is 0 Å². The first-order valence-electron chi connectivity index (χ1n) is 6.63. The summed E-state index contributed by atoms with van der Waals surface area (Å²) in [6.45, 7) is 3.27. The van der Waals surface area contributed by atoms with Crippen LogP contribution in [0.1, 0.15) is 44.2 Å². The molecule has 0 spiro atoms. The van der Waals surface area contributed by atoms with Gasteiger partial charge in [0.2, 0.25) is 0 Å². The standard InChI is InChI=1S/C14H22N2/c1-10(15)13-4-5-16(8-13)9-14-7-11-2-3-12(14)6-11/h4-5,8,10-12,14H,2-3,6-7,9,15H2,1H3. The number of aromatic nitrogens is 1. The zero-order valence-electron chi connectivity index (χ0n) is 10.1. The van der Waals surface area contributed by atoms with Crippen LogP contribution < -0.4 is 5.73 Å². The van der Waals surface area contributed by atoms with Crippen LogP contribution in [-0.4, -0.2) is 4.57 Å². The predicted molar refractivity (Wildman–Crippen MR) is 66.0 cm³/mol. The zero-order chi connectivity index (χ0) is 11.1. The highest BCUT2D eigenvalue weighted by atomic mass is 14.9. The van der Waals surface area contributed by atoms with Gasteiger partial charge in [0.1, 0.15) is 0 Å². The molecular formula is C14H22N2. The van der Waals surface area contributed by atoms with E-state index in [0.29, 0.717) is 0 Å². The van der Waals surface area contributed by atoms with Crippen LogP contribution in [0.4, 0.5) is 0 Å². The van der Waals surface area contributed by atoms with Gasteiger partial charge >= 0.3 is 0 Å². The predicted octanol–water partition coefficient (Wildman–Crippen LogP) is 2.94. The van der Waals surface area contributed by atoms with Gasteiger partial charge in [-0.2, -0.15) is 0 Å². The molecule has 2 saturated carbocycles. The van der Waals surface area contributed by atoms with Crippen molar-refractivity contribution in [1.82, 2.24) is 4.57 Å². The Morgan fingerprint density at radius 2 is 2.31 bits per heavy atom. The fourth-order valence-corrected chi connectivity index (χ4v) is 3.71. The van der Waals surface area contributed by atoms with Gasteiger partial charge in [0.15, 0.2) is 0 Å². The van der Waals surface area contributed by atoms with Gasteiger partial charge < -0.3 is 10.3 Å². The molecule has 3 rings (SSSR count). The fraction of sp³-hybridized carbons (Fsp3) is 0.714. The minimum absolute atomic E-state index is 0.168. The van der Waals surface area contributed by atoms with Crippen LogP contribution >= 0.6 is 0 Å². The molecule has 1 heterocycles. The summed E-state index contributed by atoms with van der Waals surface area (Å²) in [6, 6.07) is 2.33. The third-order valence-corrected chi connectivity index (χ3v) is 4.63. The van der Waals surface area contributed by atoms with Gasteiger partial charge in [-0.3, -0.25) is 0 Å². The van der Waals surface area contributed by atoms with E-state index in [2.05, 4.69) is 30.0 Å². The third-order valence-electron chi connectivity index (χ3n) is 4.63. The Hall–Kier alpha value is -0.760. The summed E-state index contributed by atoms with van der Waals surface area (Å²) in [5.74, 6) is 3.01. The van der Waals surface area contributed by atoms with E-state index >= 15 is 0 Å². The highest BCUT2D eigenvalue weighted by Gasteiger charge is 2.39. The summed E-state index contributed by atoms with van der Waals surface area (Å²) in [4.78, 5) is 0. The maximum absolute atomic E-state index is 5.88. The van der Waals surface area contributed by atoms with Crippen molar-refractivity contribution in [3.63, 3.8) is 0 Å². The maximum atomic E-state index is 5.88. The van der Waals surface area contributed by atoms with Gasteiger partial charge in [-0.25, -0.2) is 0 Å². The van der Waals surface area contributed by atoms with E-state index in [9.17, 15) is 0 Å². The number of hydrogen-bond donors (Lipinski definition) is 1. The summed E-state index contributed by atoms with van der Waals surface area (Å²) in [6.07, 6.45) is 10.4. The van der Waals surface area contributed by atoms with E-state index < -0.39 is 0 Å². The molecule has 2 aliphatic carbocycles. The number of nitrogens with two attached hydrogens (primary N) is 1. The van der Waals surface area contributed by atoms with Gasteiger partial charge in [0, 0.05) is 25.0 Å². The van der Waals surface area contributed by atoms with Crippen LogP contribution in [0.15, 0.2) is 18.5 Å². The van der Waals surface area contributed by atoms with E-state index in [-0.39, 0.29) is 6.04 Å². The third kappa shape index (κ3) is 1.80. The van der Waals surface area contributed by atoms with Crippen molar-refractivity contribution >= 4 is 0 Å². The quantitative estimate of drug-likeness (QED) is 0.831. The van der Waals surface area contributed by atoms with E-state index in [1.807, 2.05) is 0 Å². The molecule has 88 valence electrons. The van der Waals surface area contributed by atoms with Crippen molar-refractivity contribution in [2.24, 2.45) is 23.5 Å². The fourth-order valence-electron chi connectivity index (χ4n) is 3.71. The highest BCUT2D eigenvalue weighted by Crippen LogP contribution is 2.48. The Bertz CT molecular complexity index is 367. The second kappa shape index (κ2) is 3.92. The minimum Gasteiger partial charge on any atom is -0.354 e. The molecular weight excluding hydrogens is 196 g/mol. The Labute approximate surface area is 97.8 Å². The van der Waals surface area contributed by atoms with Crippen molar-refractivity contribution in [3.8, 4) is 0 Å². The SMILES string of the molecule is CC(N)c1ccn(CC2CC3CCC2C3)c1. The molecule has 2 fully saturated rings. The van der Waals surface area contributed by atoms with Crippen molar-refractivity contribution in [1.29, 1.82) is 0 Å². The van der Waals surface area contributed by atoms with Crippen LogP contribution in [0, 0.1) is 17.8 Å². The molecule has 1 aromatic rings. The Morgan fingerprint density at radius 1 is 1.44 bits per heavy atom. The van der Waals surface area contributed by atoms with Gasteiger partial charge in [0.05, 0.1) is 0 Å². The highest BCUT2D eigenvalue weighted by molar-refractivity contribution is 5.14. The van der Waals surface area contributed by atoms with Crippen LogP contribution in [0.25, 0.3) is 0 Å². The summed E-state index contributed by atoms with van der Waals surface area (Å²) >= 11 is 0. The van der Waals surface area contributed by atoms with E-state index in [1.165, 1.54) is 37.8 Å². The largest absolute Gasteiger partial charge is 0.354 e. The molecule has 16 heavy (non-hydrogen) atoms. The average Bonchev–Trinajstić information content (AvgIpc) is 2.91. The smallest absolute Gasteiger partial charge is 0.0281 e. The number of fused-ring (bicyclic) bond motifs is 2. The molecule has 0 aromatic carbocycles. The first kappa shape index (κ1) is 10.4. The average molecular weight is 218 g/mol. The molecule has 4 atom stereocenters. The number of nitrogens with zero attached hydrogens (tertiary/aromatic N) is 1. The summed E-state index contributed by atoms with van der Waals surface area (Å²) in [5, 5.41) is 0. The Morgan fingerprint density at radius 3 is 2.88 bits per heavy atom. The van der Waals surface area contributed by atoms with Crippen LogP contribution in [0.2, 0.25) is 0 Å². The maximum Gasteiger partial charge on any atom is 0.0281 e. The normalized spacial score (nSPS) is 34.5. The second-order valence-corrected chi connectivity index (χ2v) is 5.87. The summed E-state index contributed by atoms with van der Waals surface area (Å²) < 4.78 is 2.35. The number of hydrogen-bond acceptors (Lipinski definition) is 1. The second-order valence-electron chi connectivity index (χ2n) is 5.87. The first-order valence-corrected chi connectivity index (χ1v) is 6.63. The Balaban J connectivity index is 1.65. The lowest BCUT2D eigenvalue weighted by Crippen LogP contribution is -2.16. The van der Waals surface area contributed by atoms with Gasteiger partial charge in [-0.15, -0.1) is 0 Å². The molecule has 1 aromatic heterocycles. The van der Waals surface area contributed by atoms with Gasteiger partial charge in [-0.05, 0) is 55.6 Å². The molecule has 2 bridgehead atoms. The molecule has 2 N–H and O–H groups in total. The van der Waals surface area contributed by atoms with Crippen LogP contribution in [0.5, 0.6) is 0 Å². The van der Waals surface area contributed by atoms with Crippen LogP contribution in [-0.2, 0) is 6.54 Å². The minimum atomic E-state index is 0.168. The number of rotatable bonds is 3. The lowest BCUT2D eigenvalue weighted by Gasteiger charge is -2.22. The molecule has 0 saturated heterocycles. The topological polar surface area (TPSA) is 30.9 Å². The van der Waals surface area contributed by atoms with Crippen LogP contribution in [0.3, 0.4) is 0 Å². The van der Waals surface area contributed by atoms with Crippen molar-refractivity contribution in [2.75, 3.05) is 0 Å². The van der Waals surface area contributed by atoms with Gasteiger partial charge in [0.25, 0.3) is 0 Å². The lowest BCUT2D eigenvalue weighted by molar-refractivity contribution is 0.296. The molecule has 2 heteroatoms.